The molecule has 1 aromatic rings. The van der Waals surface area contributed by atoms with Gasteiger partial charge in [-0.05, 0) is 24.3 Å². The topological polar surface area (TPSA) is 54.9 Å². The van der Waals surface area contributed by atoms with Crippen molar-refractivity contribution in [2.24, 2.45) is 16.3 Å². The molecule has 1 heterocycles. The molecule has 0 bridgehead atoms. The minimum absolute atomic E-state index is 0.144. The first kappa shape index (κ1) is 21.3. The molecular weight excluding hydrogens is 338 g/mol. The van der Waals surface area contributed by atoms with Crippen LogP contribution in [0.3, 0.4) is 0 Å². The monoisotopic (exact) mass is 373 g/mol. The molecule has 0 spiro atoms. The van der Waals surface area contributed by atoms with Crippen molar-refractivity contribution in [3.8, 4) is 5.75 Å². The van der Waals surface area contributed by atoms with Crippen molar-refractivity contribution >= 4 is 5.96 Å². The third-order valence-electron chi connectivity index (χ3n) is 4.83. The number of rotatable bonds is 7. The molecule has 2 rings (SSSR count). The fourth-order valence-electron chi connectivity index (χ4n) is 3.58. The molecule has 0 radical (unpaired) electrons. The van der Waals surface area contributed by atoms with Gasteiger partial charge in [0.1, 0.15) is 12.4 Å². The van der Waals surface area contributed by atoms with Gasteiger partial charge in [0.15, 0.2) is 5.96 Å². The fraction of sp³-hybridized carbons (Fsp3) is 0.591. The average Bonchev–Trinajstić information content (AvgIpc) is 2.66. The second kappa shape index (κ2) is 10.4. The molecule has 2 atom stereocenters. The van der Waals surface area contributed by atoms with E-state index in [1.165, 1.54) is 6.42 Å². The first-order valence-corrected chi connectivity index (χ1v) is 9.83. The Hall–Kier alpha value is -2.01. The lowest BCUT2D eigenvalue weighted by Gasteiger charge is -2.40. The SMILES string of the molecule is C=CCOc1ccccc1CNC(=NC)NCC1CCCOC1C(C)(C)C. The van der Waals surface area contributed by atoms with Gasteiger partial charge in [-0.15, -0.1) is 0 Å². The van der Waals surface area contributed by atoms with Crippen molar-refractivity contribution < 1.29 is 9.47 Å². The molecule has 1 saturated heterocycles. The Morgan fingerprint density at radius 1 is 1.33 bits per heavy atom. The predicted octanol–water partition coefficient (Wildman–Crippen LogP) is 3.76. The molecule has 0 saturated carbocycles. The van der Waals surface area contributed by atoms with E-state index in [9.17, 15) is 0 Å². The van der Waals surface area contributed by atoms with E-state index in [0.29, 0.717) is 19.1 Å². The van der Waals surface area contributed by atoms with Gasteiger partial charge in [0.25, 0.3) is 0 Å². The quantitative estimate of drug-likeness (QED) is 0.434. The number of hydrogen-bond acceptors (Lipinski definition) is 3. The molecule has 0 aromatic heterocycles. The summed E-state index contributed by atoms with van der Waals surface area (Å²) in [4.78, 5) is 4.36. The number of nitrogens with zero attached hydrogens (tertiary/aromatic N) is 1. The molecule has 150 valence electrons. The van der Waals surface area contributed by atoms with Crippen LogP contribution in [0, 0.1) is 11.3 Å². The van der Waals surface area contributed by atoms with Crippen LogP contribution < -0.4 is 15.4 Å². The maximum Gasteiger partial charge on any atom is 0.191 e. The van der Waals surface area contributed by atoms with Gasteiger partial charge in [-0.2, -0.15) is 0 Å². The Kier molecular flexibility index (Phi) is 8.17. The third kappa shape index (κ3) is 6.58. The van der Waals surface area contributed by atoms with Gasteiger partial charge in [-0.1, -0.05) is 51.6 Å². The van der Waals surface area contributed by atoms with Crippen LogP contribution in [0.15, 0.2) is 41.9 Å². The molecule has 5 heteroatoms. The Morgan fingerprint density at radius 3 is 2.81 bits per heavy atom. The number of nitrogens with one attached hydrogen (secondary N) is 2. The highest BCUT2D eigenvalue weighted by Gasteiger charge is 2.35. The van der Waals surface area contributed by atoms with Crippen molar-refractivity contribution in [2.75, 3.05) is 26.8 Å². The van der Waals surface area contributed by atoms with Gasteiger partial charge in [0, 0.05) is 38.2 Å². The van der Waals surface area contributed by atoms with E-state index in [1.807, 2.05) is 18.2 Å². The third-order valence-corrected chi connectivity index (χ3v) is 4.83. The van der Waals surface area contributed by atoms with Crippen molar-refractivity contribution in [1.82, 2.24) is 10.6 Å². The van der Waals surface area contributed by atoms with Gasteiger partial charge >= 0.3 is 0 Å². The predicted molar refractivity (Wildman–Crippen MR) is 112 cm³/mol. The lowest BCUT2D eigenvalue weighted by atomic mass is 9.78. The zero-order valence-electron chi connectivity index (χ0n) is 17.3. The van der Waals surface area contributed by atoms with Crippen molar-refractivity contribution in [3.05, 3.63) is 42.5 Å². The second-order valence-electron chi connectivity index (χ2n) is 8.07. The number of aliphatic imine (C=N–C) groups is 1. The van der Waals surface area contributed by atoms with E-state index in [2.05, 4.69) is 49.0 Å². The maximum atomic E-state index is 6.08. The summed E-state index contributed by atoms with van der Waals surface area (Å²) in [5.41, 5.74) is 1.24. The largest absolute Gasteiger partial charge is 0.489 e. The zero-order valence-corrected chi connectivity index (χ0v) is 17.3. The summed E-state index contributed by atoms with van der Waals surface area (Å²) in [7, 11) is 1.80. The van der Waals surface area contributed by atoms with Crippen molar-refractivity contribution in [2.45, 2.75) is 46.3 Å². The molecule has 5 nitrogen and oxygen atoms in total. The molecular formula is C22H35N3O2. The van der Waals surface area contributed by atoms with Crippen LogP contribution in [0.25, 0.3) is 0 Å². The van der Waals surface area contributed by atoms with Crippen LogP contribution in [0.2, 0.25) is 0 Å². The summed E-state index contributed by atoms with van der Waals surface area (Å²) in [6.45, 7) is 13.3. The lowest BCUT2D eigenvalue weighted by molar-refractivity contribution is -0.0835. The summed E-state index contributed by atoms with van der Waals surface area (Å²) in [5.74, 6) is 2.15. The van der Waals surface area contributed by atoms with Gasteiger partial charge in [-0.3, -0.25) is 4.99 Å². The summed E-state index contributed by atoms with van der Waals surface area (Å²) in [6.07, 6.45) is 4.33. The number of hydrogen-bond donors (Lipinski definition) is 2. The Labute approximate surface area is 164 Å². The van der Waals surface area contributed by atoms with Crippen LogP contribution in [0.4, 0.5) is 0 Å². The Bertz CT molecular complexity index is 622. The van der Waals surface area contributed by atoms with Gasteiger partial charge in [-0.25, -0.2) is 0 Å². The van der Waals surface area contributed by atoms with Gasteiger partial charge in [0.2, 0.25) is 0 Å². The minimum Gasteiger partial charge on any atom is -0.489 e. The summed E-state index contributed by atoms with van der Waals surface area (Å²) in [5, 5.41) is 6.86. The normalized spacial score (nSPS) is 20.8. The number of benzene rings is 1. The molecule has 1 fully saturated rings. The standard InChI is InChI=1S/C22H35N3O2/c1-6-13-26-19-12-8-7-10-17(19)15-24-21(23-5)25-16-18-11-9-14-27-20(18)22(2,3)4/h6-8,10,12,18,20H,1,9,11,13-16H2,2-5H3,(H2,23,24,25). The minimum atomic E-state index is 0.144. The fourth-order valence-corrected chi connectivity index (χ4v) is 3.58. The number of guanidine groups is 1. The molecule has 0 aliphatic carbocycles. The summed E-state index contributed by atoms with van der Waals surface area (Å²) < 4.78 is 11.8. The number of para-hydroxylation sites is 1. The second-order valence-corrected chi connectivity index (χ2v) is 8.07. The van der Waals surface area contributed by atoms with E-state index in [-0.39, 0.29) is 11.5 Å². The van der Waals surface area contributed by atoms with E-state index in [0.717, 1.165) is 36.8 Å². The summed E-state index contributed by atoms with van der Waals surface area (Å²) in [6, 6.07) is 8.03. The lowest BCUT2D eigenvalue weighted by Crippen LogP contribution is -2.47. The van der Waals surface area contributed by atoms with E-state index < -0.39 is 0 Å². The highest BCUT2D eigenvalue weighted by molar-refractivity contribution is 5.79. The first-order chi connectivity index (χ1) is 13.0. The maximum absolute atomic E-state index is 6.08. The smallest absolute Gasteiger partial charge is 0.191 e. The van der Waals surface area contributed by atoms with Crippen LogP contribution in [-0.4, -0.2) is 38.9 Å². The molecule has 0 amide bonds. The molecule has 2 unspecified atom stereocenters. The van der Waals surface area contributed by atoms with E-state index >= 15 is 0 Å². The van der Waals surface area contributed by atoms with Crippen LogP contribution in [0.5, 0.6) is 5.75 Å². The average molecular weight is 374 g/mol. The molecule has 1 aliphatic rings. The van der Waals surface area contributed by atoms with E-state index in [1.54, 1.807) is 13.1 Å². The first-order valence-electron chi connectivity index (χ1n) is 9.83. The summed E-state index contributed by atoms with van der Waals surface area (Å²) >= 11 is 0. The van der Waals surface area contributed by atoms with Crippen molar-refractivity contribution in [3.63, 3.8) is 0 Å². The zero-order chi connectivity index (χ0) is 19.7. The Morgan fingerprint density at radius 2 is 2.11 bits per heavy atom. The van der Waals surface area contributed by atoms with Crippen LogP contribution in [0.1, 0.15) is 39.2 Å². The number of ether oxygens (including phenoxy) is 2. The molecule has 2 N–H and O–H groups in total. The molecule has 27 heavy (non-hydrogen) atoms. The highest BCUT2D eigenvalue weighted by Crippen LogP contribution is 2.33. The molecule has 1 aliphatic heterocycles. The van der Waals surface area contributed by atoms with Crippen LogP contribution >= 0.6 is 0 Å². The van der Waals surface area contributed by atoms with E-state index in [4.69, 9.17) is 9.47 Å². The highest BCUT2D eigenvalue weighted by atomic mass is 16.5. The molecule has 1 aromatic carbocycles. The van der Waals surface area contributed by atoms with Crippen LogP contribution in [-0.2, 0) is 11.3 Å². The van der Waals surface area contributed by atoms with Gasteiger partial charge in [0.05, 0.1) is 6.10 Å². The Balaban J connectivity index is 1.90. The van der Waals surface area contributed by atoms with Gasteiger partial charge < -0.3 is 20.1 Å². The van der Waals surface area contributed by atoms with Crippen molar-refractivity contribution in [1.29, 1.82) is 0 Å².